The van der Waals surface area contributed by atoms with Gasteiger partial charge in [-0.1, -0.05) is 0 Å². The van der Waals surface area contributed by atoms with E-state index in [2.05, 4.69) is 38.4 Å². The molecule has 1 fully saturated rings. The molecule has 1 aliphatic rings. The molecule has 3 nitrogen and oxygen atoms in total. The molecule has 18 heavy (non-hydrogen) atoms. The predicted octanol–water partition coefficient (Wildman–Crippen LogP) is 2.93. The summed E-state index contributed by atoms with van der Waals surface area (Å²) < 4.78 is 8.93. The van der Waals surface area contributed by atoms with Gasteiger partial charge in [0.05, 0.1) is 0 Å². The van der Waals surface area contributed by atoms with E-state index < -0.39 is 0 Å². The molecule has 1 saturated carbocycles. The van der Waals surface area contributed by atoms with Crippen molar-refractivity contribution < 1.29 is 0 Å². The van der Waals surface area contributed by atoms with Crippen LogP contribution in [0.4, 0.5) is 5.69 Å². The van der Waals surface area contributed by atoms with E-state index in [1.807, 2.05) is 0 Å². The van der Waals surface area contributed by atoms with Gasteiger partial charge in [-0.2, -0.15) is 0 Å². The molecular formula is C14H19N3Se. The van der Waals surface area contributed by atoms with Crippen molar-refractivity contribution in [3.05, 3.63) is 18.2 Å². The Bertz CT molecular complexity index is 522. The van der Waals surface area contributed by atoms with Crippen LogP contribution in [0.1, 0.15) is 32.6 Å². The van der Waals surface area contributed by atoms with Gasteiger partial charge in [-0.25, -0.2) is 0 Å². The minimum atomic E-state index is 0.0689. The van der Waals surface area contributed by atoms with Crippen LogP contribution in [0.25, 0.3) is 11.0 Å². The van der Waals surface area contributed by atoms with Crippen molar-refractivity contribution in [2.24, 2.45) is 11.8 Å². The summed E-state index contributed by atoms with van der Waals surface area (Å²) in [5, 5.41) is 3.59. The summed E-state index contributed by atoms with van der Waals surface area (Å²) in [6.45, 7) is 3.46. The summed E-state index contributed by atoms with van der Waals surface area (Å²) in [7, 11) is 0. The second kappa shape index (κ2) is 5.41. The molecule has 2 atom stereocenters. The van der Waals surface area contributed by atoms with Gasteiger partial charge < -0.3 is 0 Å². The van der Waals surface area contributed by atoms with Gasteiger partial charge in [0.15, 0.2) is 0 Å². The third kappa shape index (κ3) is 2.60. The third-order valence-corrected chi connectivity index (χ3v) is 5.05. The van der Waals surface area contributed by atoms with Crippen molar-refractivity contribution in [1.29, 1.82) is 0 Å². The summed E-state index contributed by atoms with van der Waals surface area (Å²) >= 11 is 0.0689. The number of fused-ring (bicyclic) bond motifs is 1. The first kappa shape index (κ1) is 12.2. The molecule has 0 aliphatic heterocycles. The summed E-state index contributed by atoms with van der Waals surface area (Å²) in [4.78, 5) is 0. The van der Waals surface area contributed by atoms with Crippen molar-refractivity contribution in [3.8, 4) is 0 Å². The van der Waals surface area contributed by atoms with Crippen molar-refractivity contribution in [2.75, 3.05) is 11.9 Å². The number of rotatable bonds is 3. The summed E-state index contributed by atoms with van der Waals surface area (Å²) in [5.41, 5.74) is 3.33. The number of aromatic nitrogens is 2. The number of hydrogen-bond acceptors (Lipinski definition) is 3. The van der Waals surface area contributed by atoms with E-state index in [4.69, 9.17) is 0 Å². The number of nitrogens with zero attached hydrogens (tertiary/aromatic N) is 2. The van der Waals surface area contributed by atoms with E-state index in [1.165, 1.54) is 31.4 Å². The fourth-order valence-electron chi connectivity index (χ4n) is 2.95. The van der Waals surface area contributed by atoms with Gasteiger partial charge in [0, 0.05) is 0 Å². The minimum absolute atomic E-state index is 0.0689. The molecule has 4 heteroatoms. The van der Waals surface area contributed by atoms with E-state index in [9.17, 15) is 0 Å². The quantitative estimate of drug-likeness (QED) is 0.886. The maximum absolute atomic E-state index is 4.51. The molecule has 1 aromatic carbocycles. The van der Waals surface area contributed by atoms with Gasteiger partial charge in [0.25, 0.3) is 0 Å². The van der Waals surface area contributed by atoms with Gasteiger partial charge in [-0.15, -0.1) is 0 Å². The van der Waals surface area contributed by atoms with Gasteiger partial charge in [-0.05, 0) is 0 Å². The number of nitrogens with one attached hydrogen (secondary N) is 1. The average molecular weight is 308 g/mol. The Hall–Kier alpha value is -0.861. The number of anilines is 1. The first-order valence-corrected chi connectivity index (χ1v) is 8.31. The summed E-state index contributed by atoms with van der Waals surface area (Å²) in [6, 6.07) is 6.26. The molecule has 1 aromatic heterocycles. The Balaban J connectivity index is 1.67. The van der Waals surface area contributed by atoms with E-state index in [-0.39, 0.29) is 15.0 Å². The zero-order valence-corrected chi connectivity index (χ0v) is 12.4. The maximum atomic E-state index is 4.51. The van der Waals surface area contributed by atoms with Crippen LogP contribution in [0.15, 0.2) is 18.2 Å². The van der Waals surface area contributed by atoms with Gasteiger partial charge in [0.2, 0.25) is 0 Å². The fraction of sp³-hybridized carbons (Fsp3) is 0.571. The van der Waals surface area contributed by atoms with Crippen molar-refractivity contribution in [2.45, 2.75) is 32.6 Å². The molecule has 1 aliphatic carbocycles. The number of benzene rings is 1. The van der Waals surface area contributed by atoms with Crippen LogP contribution in [0.5, 0.6) is 0 Å². The molecule has 0 bridgehead atoms. The van der Waals surface area contributed by atoms with E-state index >= 15 is 0 Å². The predicted molar refractivity (Wildman–Crippen MR) is 76.1 cm³/mol. The molecule has 0 spiro atoms. The molecule has 3 rings (SSSR count). The molecule has 2 unspecified atom stereocenters. The Morgan fingerprint density at radius 3 is 3.17 bits per heavy atom. The average Bonchev–Trinajstić information content (AvgIpc) is 2.85. The molecular weight excluding hydrogens is 289 g/mol. The normalized spacial score (nSPS) is 24.3. The van der Waals surface area contributed by atoms with Crippen LogP contribution in [-0.4, -0.2) is 29.5 Å². The second-order valence-electron chi connectivity index (χ2n) is 5.46. The first-order chi connectivity index (χ1) is 8.83. The van der Waals surface area contributed by atoms with E-state index in [1.54, 1.807) is 0 Å². The zero-order chi connectivity index (χ0) is 12.4. The van der Waals surface area contributed by atoms with Crippen LogP contribution in [0.3, 0.4) is 0 Å². The van der Waals surface area contributed by atoms with Crippen LogP contribution in [0, 0.1) is 11.8 Å². The number of hydrogen-bond donors (Lipinski definition) is 1. The second-order valence-corrected chi connectivity index (χ2v) is 6.56. The molecule has 0 radical (unpaired) electrons. The molecule has 1 N–H and O–H groups in total. The van der Waals surface area contributed by atoms with Gasteiger partial charge in [0.1, 0.15) is 0 Å². The van der Waals surface area contributed by atoms with Crippen molar-refractivity contribution >= 4 is 31.7 Å². The zero-order valence-electron chi connectivity index (χ0n) is 10.7. The van der Waals surface area contributed by atoms with Crippen LogP contribution in [0.2, 0.25) is 0 Å². The van der Waals surface area contributed by atoms with Crippen molar-refractivity contribution in [3.63, 3.8) is 0 Å². The summed E-state index contributed by atoms with van der Waals surface area (Å²) in [5.74, 6) is 1.73. The van der Waals surface area contributed by atoms with E-state index in [0.29, 0.717) is 0 Å². The Morgan fingerprint density at radius 2 is 2.28 bits per heavy atom. The molecule has 96 valence electrons. The SMILES string of the molecule is CC1CCCC(CNc2cccc3n[se]nc23)C1. The van der Waals surface area contributed by atoms with Crippen LogP contribution >= 0.6 is 0 Å². The van der Waals surface area contributed by atoms with Crippen molar-refractivity contribution in [1.82, 2.24) is 7.96 Å². The molecule has 0 amide bonds. The monoisotopic (exact) mass is 309 g/mol. The van der Waals surface area contributed by atoms with Gasteiger partial charge >= 0.3 is 114 Å². The summed E-state index contributed by atoms with van der Waals surface area (Å²) in [6.07, 6.45) is 5.54. The van der Waals surface area contributed by atoms with Crippen LogP contribution < -0.4 is 5.32 Å². The first-order valence-electron chi connectivity index (χ1n) is 6.78. The van der Waals surface area contributed by atoms with Gasteiger partial charge in [-0.3, -0.25) is 0 Å². The standard InChI is InChI=1S/C14H19N3Se/c1-10-4-2-5-11(8-10)9-15-12-6-3-7-13-14(12)17-18-16-13/h3,6-7,10-11,15H,2,4-5,8-9H2,1H3. The molecule has 0 saturated heterocycles. The van der Waals surface area contributed by atoms with Crippen LogP contribution in [-0.2, 0) is 0 Å². The van der Waals surface area contributed by atoms with E-state index in [0.717, 1.165) is 29.4 Å². The third-order valence-electron chi connectivity index (χ3n) is 3.91. The Kier molecular flexibility index (Phi) is 3.67. The molecule has 1 heterocycles. The molecule has 2 aromatic rings. The Morgan fingerprint density at radius 1 is 1.33 bits per heavy atom. The fourth-order valence-corrected chi connectivity index (χ4v) is 4.10. The topological polar surface area (TPSA) is 37.8 Å². The Labute approximate surface area is 114 Å².